The molecule has 8 heteroatoms. The molecule has 8 nitrogen and oxygen atoms in total. The third-order valence-corrected chi connectivity index (χ3v) is 7.01. The van der Waals surface area contributed by atoms with E-state index in [9.17, 15) is 4.79 Å². The maximum Gasteiger partial charge on any atom is 0.228 e. The normalized spacial score (nSPS) is 13.4. The number of nitrogens with two attached hydrogens (primary N) is 1. The second-order valence-corrected chi connectivity index (χ2v) is 9.66. The van der Waals surface area contributed by atoms with Gasteiger partial charge in [-0.2, -0.15) is 0 Å². The van der Waals surface area contributed by atoms with E-state index in [4.69, 9.17) is 10.7 Å². The number of hydrogen-bond donors (Lipinski definition) is 2. The van der Waals surface area contributed by atoms with Crippen LogP contribution in [0.25, 0.3) is 22.2 Å². The first-order valence-corrected chi connectivity index (χ1v) is 13.0. The molecule has 194 valence electrons. The first kappa shape index (κ1) is 24.4. The van der Waals surface area contributed by atoms with Crippen LogP contribution in [0, 0.1) is 0 Å². The summed E-state index contributed by atoms with van der Waals surface area (Å²) in [5.74, 6) is 0.829. The van der Waals surface area contributed by atoms with Crippen LogP contribution in [0.5, 0.6) is 0 Å². The number of anilines is 4. The van der Waals surface area contributed by atoms with Gasteiger partial charge in [-0.25, -0.2) is 4.98 Å². The lowest BCUT2D eigenvalue weighted by Crippen LogP contribution is -2.46. The van der Waals surface area contributed by atoms with Gasteiger partial charge in [0.2, 0.25) is 5.91 Å². The Labute approximate surface area is 227 Å². The Hall–Kier alpha value is -4.98. The van der Waals surface area contributed by atoms with Crippen LogP contribution in [0.2, 0.25) is 0 Å². The van der Waals surface area contributed by atoms with Crippen molar-refractivity contribution in [3.8, 4) is 11.1 Å². The van der Waals surface area contributed by atoms with Gasteiger partial charge in [-0.15, -0.1) is 0 Å². The Bertz CT molecular complexity index is 1580. The van der Waals surface area contributed by atoms with Crippen LogP contribution in [0.15, 0.2) is 97.5 Å². The van der Waals surface area contributed by atoms with Crippen LogP contribution in [-0.2, 0) is 11.2 Å². The van der Waals surface area contributed by atoms with Gasteiger partial charge >= 0.3 is 0 Å². The zero-order valence-electron chi connectivity index (χ0n) is 21.5. The van der Waals surface area contributed by atoms with Crippen molar-refractivity contribution >= 4 is 39.8 Å². The van der Waals surface area contributed by atoms with Gasteiger partial charge in [-0.3, -0.25) is 14.8 Å². The summed E-state index contributed by atoms with van der Waals surface area (Å²) >= 11 is 0. The summed E-state index contributed by atoms with van der Waals surface area (Å²) in [6.45, 7) is 3.61. The van der Waals surface area contributed by atoms with Gasteiger partial charge in [-0.05, 0) is 65.2 Å². The highest BCUT2D eigenvalue weighted by Crippen LogP contribution is 2.26. The largest absolute Gasteiger partial charge is 0.399 e. The zero-order chi connectivity index (χ0) is 26.6. The molecule has 3 aromatic carbocycles. The number of benzene rings is 3. The minimum absolute atomic E-state index is 0.0670. The van der Waals surface area contributed by atoms with E-state index in [1.807, 2.05) is 61.1 Å². The quantitative estimate of drug-likeness (QED) is 0.314. The fourth-order valence-corrected chi connectivity index (χ4v) is 4.85. The van der Waals surface area contributed by atoms with Crippen LogP contribution < -0.4 is 20.9 Å². The molecule has 1 fully saturated rings. The summed E-state index contributed by atoms with van der Waals surface area (Å²) in [7, 11) is 0. The van der Waals surface area contributed by atoms with E-state index >= 15 is 0 Å². The van der Waals surface area contributed by atoms with E-state index in [0.717, 1.165) is 65.4 Å². The van der Waals surface area contributed by atoms with Crippen LogP contribution in [0.3, 0.4) is 0 Å². The molecule has 1 aliphatic rings. The number of piperazine rings is 1. The predicted molar refractivity (Wildman–Crippen MR) is 157 cm³/mol. The first-order valence-electron chi connectivity index (χ1n) is 13.0. The second-order valence-electron chi connectivity index (χ2n) is 9.66. The molecule has 2 aromatic heterocycles. The van der Waals surface area contributed by atoms with Crippen molar-refractivity contribution in [2.24, 2.45) is 0 Å². The molecule has 3 N–H and O–H groups in total. The number of fused-ring (bicyclic) bond motifs is 1. The lowest BCUT2D eigenvalue weighted by Gasteiger charge is -2.36. The summed E-state index contributed by atoms with van der Waals surface area (Å²) in [6, 6.07) is 25.4. The molecular formula is C31H29N7O. The minimum Gasteiger partial charge on any atom is -0.399 e. The summed E-state index contributed by atoms with van der Waals surface area (Å²) in [4.78, 5) is 30.9. The summed E-state index contributed by atoms with van der Waals surface area (Å²) in [5, 5.41) is 2.97. The van der Waals surface area contributed by atoms with Crippen LogP contribution >= 0.6 is 0 Å². The smallest absolute Gasteiger partial charge is 0.228 e. The number of pyridine rings is 1. The zero-order valence-corrected chi connectivity index (χ0v) is 21.5. The molecule has 3 heterocycles. The van der Waals surface area contributed by atoms with Gasteiger partial charge in [0, 0.05) is 55.6 Å². The SMILES string of the molecule is Nc1ccc(CC(=O)Nc2ccc(-c3ccc4ncc(N5CCN(c6ccncc6)CC5)nc4c3)cc2)cc1. The van der Waals surface area contributed by atoms with Crippen molar-refractivity contribution in [3.05, 3.63) is 103 Å². The molecule has 5 aromatic rings. The Balaban J connectivity index is 1.12. The van der Waals surface area contributed by atoms with Gasteiger partial charge in [0.25, 0.3) is 0 Å². The van der Waals surface area contributed by atoms with E-state index < -0.39 is 0 Å². The molecule has 0 unspecified atom stereocenters. The number of amides is 1. The number of hydrogen-bond acceptors (Lipinski definition) is 7. The Morgan fingerprint density at radius 3 is 2.23 bits per heavy atom. The van der Waals surface area contributed by atoms with Crippen LogP contribution in [-0.4, -0.2) is 47.0 Å². The first-order chi connectivity index (χ1) is 19.1. The molecule has 1 amide bonds. The lowest BCUT2D eigenvalue weighted by atomic mass is 10.0. The van der Waals surface area contributed by atoms with E-state index in [2.05, 4.69) is 49.4 Å². The molecule has 0 saturated carbocycles. The van der Waals surface area contributed by atoms with Crippen LogP contribution in [0.4, 0.5) is 22.9 Å². The highest BCUT2D eigenvalue weighted by molar-refractivity contribution is 5.92. The molecule has 0 atom stereocenters. The number of rotatable bonds is 6. The monoisotopic (exact) mass is 515 g/mol. The van der Waals surface area contributed by atoms with E-state index in [-0.39, 0.29) is 5.91 Å². The lowest BCUT2D eigenvalue weighted by molar-refractivity contribution is -0.115. The van der Waals surface area contributed by atoms with Gasteiger partial charge in [0.15, 0.2) is 0 Å². The highest BCUT2D eigenvalue weighted by Gasteiger charge is 2.19. The standard InChI is InChI=1S/C31H29N7O/c32-25-6-1-22(2-7-25)19-31(39)35-26-8-3-23(4-9-26)24-5-10-28-29(20-24)36-30(21-34-28)38-17-15-37(16-18-38)27-11-13-33-14-12-27/h1-14,20-21H,15-19,32H2,(H,35,39). The molecule has 0 bridgehead atoms. The van der Waals surface area contributed by atoms with E-state index in [0.29, 0.717) is 12.1 Å². The molecule has 1 aliphatic heterocycles. The summed E-state index contributed by atoms with van der Waals surface area (Å²) in [5.41, 5.74) is 13.1. The third kappa shape index (κ3) is 5.65. The second kappa shape index (κ2) is 10.8. The van der Waals surface area contributed by atoms with Crippen molar-refractivity contribution in [1.82, 2.24) is 15.0 Å². The fourth-order valence-electron chi connectivity index (χ4n) is 4.85. The number of nitrogens with one attached hydrogen (secondary N) is 1. The molecule has 1 saturated heterocycles. The predicted octanol–water partition coefficient (Wildman–Crippen LogP) is 4.78. The Morgan fingerprint density at radius 1 is 0.795 bits per heavy atom. The van der Waals surface area contributed by atoms with E-state index in [1.54, 1.807) is 12.1 Å². The average Bonchev–Trinajstić information content (AvgIpc) is 2.99. The van der Waals surface area contributed by atoms with Crippen molar-refractivity contribution < 1.29 is 4.79 Å². The highest BCUT2D eigenvalue weighted by atomic mass is 16.1. The van der Waals surface area contributed by atoms with E-state index in [1.165, 1.54) is 5.69 Å². The molecule has 39 heavy (non-hydrogen) atoms. The number of nitrogen functional groups attached to an aromatic ring is 1. The van der Waals surface area contributed by atoms with Gasteiger partial charge in [0.1, 0.15) is 5.82 Å². The number of nitrogens with zero attached hydrogens (tertiary/aromatic N) is 5. The fraction of sp³-hybridized carbons (Fsp3) is 0.161. The van der Waals surface area contributed by atoms with Crippen LogP contribution in [0.1, 0.15) is 5.56 Å². The number of aromatic nitrogens is 3. The minimum atomic E-state index is -0.0670. The number of carbonyl (C=O) groups is 1. The van der Waals surface area contributed by atoms with Gasteiger partial charge in [-0.1, -0.05) is 30.3 Å². The summed E-state index contributed by atoms with van der Waals surface area (Å²) < 4.78 is 0. The average molecular weight is 516 g/mol. The van der Waals surface area contributed by atoms with Gasteiger partial charge in [0.05, 0.1) is 23.7 Å². The molecule has 0 radical (unpaired) electrons. The molecule has 0 aliphatic carbocycles. The van der Waals surface area contributed by atoms with Crippen molar-refractivity contribution in [2.45, 2.75) is 6.42 Å². The maximum atomic E-state index is 12.5. The van der Waals surface area contributed by atoms with Crippen molar-refractivity contribution in [2.75, 3.05) is 47.0 Å². The van der Waals surface area contributed by atoms with Crippen molar-refractivity contribution in [1.29, 1.82) is 0 Å². The molecular weight excluding hydrogens is 486 g/mol. The topological polar surface area (TPSA) is 100 Å². The molecule has 0 spiro atoms. The maximum absolute atomic E-state index is 12.5. The molecule has 6 rings (SSSR count). The Morgan fingerprint density at radius 2 is 1.49 bits per heavy atom. The third-order valence-electron chi connectivity index (χ3n) is 7.01. The van der Waals surface area contributed by atoms with Gasteiger partial charge < -0.3 is 20.9 Å². The number of carbonyl (C=O) groups excluding carboxylic acids is 1. The summed E-state index contributed by atoms with van der Waals surface area (Å²) in [6.07, 6.45) is 5.83. The Kier molecular flexibility index (Phi) is 6.74. The van der Waals surface area contributed by atoms with Crippen molar-refractivity contribution in [3.63, 3.8) is 0 Å².